The van der Waals surface area contributed by atoms with Crippen LogP contribution in [0.4, 0.5) is 13.2 Å². The molecule has 0 heterocycles. The zero-order chi connectivity index (χ0) is 15.5. The molecule has 0 aromatic heterocycles. The van der Waals surface area contributed by atoms with Crippen molar-refractivity contribution >= 4 is 27.8 Å². The lowest BCUT2D eigenvalue weighted by molar-refractivity contribution is -0.146. The number of benzene rings is 1. The van der Waals surface area contributed by atoms with Gasteiger partial charge in [0.1, 0.15) is 0 Å². The molecule has 0 unspecified atom stereocenters. The van der Waals surface area contributed by atoms with Crippen molar-refractivity contribution in [3.05, 3.63) is 33.8 Å². The molecule has 0 spiro atoms. The molecular weight excluding hydrogens is 347 g/mol. The second-order valence-corrected chi connectivity index (χ2v) is 4.61. The van der Waals surface area contributed by atoms with E-state index in [1.807, 2.05) is 5.32 Å². The molecule has 20 heavy (non-hydrogen) atoms. The number of aliphatic hydroxyl groups excluding tert-OH is 1. The summed E-state index contributed by atoms with van der Waals surface area (Å²) in [6.45, 7) is -0.606. The van der Waals surface area contributed by atoms with Gasteiger partial charge in [0.25, 0.3) is 5.91 Å². The number of hydrogen-bond acceptors (Lipinski definition) is 3. The summed E-state index contributed by atoms with van der Waals surface area (Å²) in [6.07, 6.45) is -6.45. The van der Waals surface area contributed by atoms with Gasteiger partial charge in [0.05, 0.1) is 12.1 Å². The second kappa shape index (κ2) is 6.23. The molecule has 0 aliphatic rings. The van der Waals surface area contributed by atoms with Crippen LogP contribution in [0.1, 0.15) is 15.9 Å². The number of halogens is 4. The van der Waals surface area contributed by atoms with Gasteiger partial charge in [-0.25, -0.2) is 4.79 Å². The summed E-state index contributed by atoms with van der Waals surface area (Å²) in [7, 11) is 0. The summed E-state index contributed by atoms with van der Waals surface area (Å²) >= 11 is 2.73. The van der Waals surface area contributed by atoms with E-state index in [2.05, 4.69) is 15.9 Å². The number of nitrogens with one attached hydrogen (secondary N) is 1. The topological polar surface area (TPSA) is 86.6 Å². The van der Waals surface area contributed by atoms with Crippen LogP contribution < -0.4 is 5.32 Å². The first-order chi connectivity index (χ1) is 9.12. The minimum Gasteiger partial charge on any atom is -0.479 e. The van der Waals surface area contributed by atoms with Crippen molar-refractivity contribution in [2.24, 2.45) is 0 Å². The summed E-state index contributed by atoms with van der Waals surface area (Å²) < 4.78 is 37.7. The van der Waals surface area contributed by atoms with Crippen LogP contribution in [-0.2, 0) is 11.0 Å². The van der Waals surface area contributed by atoms with Gasteiger partial charge >= 0.3 is 12.1 Å². The summed E-state index contributed by atoms with van der Waals surface area (Å²) in [5, 5.41) is 19.4. The van der Waals surface area contributed by atoms with Crippen LogP contribution in [0.5, 0.6) is 0 Å². The first-order valence-electron chi connectivity index (χ1n) is 5.18. The number of amides is 1. The quantitative estimate of drug-likeness (QED) is 0.766. The van der Waals surface area contributed by atoms with Crippen molar-refractivity contribution in [2.75, 3.05) is 6.54 Å². The monoisotopic (exact) mass is 355 g/mol. The van der Waals surface area contributed by atoms with Crippen LogP contribution in [0.15, 0.2) is 22.7 Å². The lowest BCUT2D eigenvalue weighted by Crippen LogP contribution is -2.36. The summed E-state index contributed by atoms with van der Waals surface area (Å²) in [4.78, 5) is 21.9. The van der Waals surface area contributed by atoms with Crippen molar-refractivity contribution in [1.82, 2.24) is 5.32 Å². The minimum absolute atomic E-state index is 0.216. The van der Waals surface area contributed by atoms with Gasteiger partial charge in [-0.2, -0.15) is 13.2 Å². The maximum atomic E-state index is 12.6. The first-order valence-corrected chi connectivity index (χ1v) is 5.98. The molecule has 0 saturated carbocycles. The SMILES string of the molecule is O=C(NC[C@H](O)C(=O)O)c1ccc(Br)c(C(F)(F)F)c1. The van der Waals surface area contributed by atoms with Gasteiger partial charge in [0.2, 0.25) is 0 Å². The molecular formula is C11H9BrF3NO4. The van der Waals surface area contributed by atoms with E-state index in [0.717, 1.165) is 12.1 Å². The highest BCUT2D eigenvalue weighted by Gasteiger charge is 2.33. The van der Waals surface area contributed by atoms with Gasteiger partial charge in [0, 0.05) is 10.0 Å². The second-order valence-electron chi connectivity index (χ2n) is 3.76. The van der Waals surface area contributed by atoms with Gasteiger partial charge in [-0.1, -0.05) is 15.9 Å². The molecule has 0 saturated heterocycles. The number of hydrogen-bond donors (Lipinski definition) is 3. The van der Waals surface area contributed by atoms with Gasteiger partial charge < -0.3 is 15.5 Å². The van der Waals surface area contributed by atoms with Gasteiger partial charge in [-0.15, -0.1) is 0 Å². The Labute approximate surface area is 119 Å². The third-order valence-electron chi connectivity index (χ3n) is 2.27. The van der Waals surface area contributed by atoms with E-state index in [9.17, 15) is 22.8 Å². The van der Waals surface area contributed by atoms with E-state index in [0.29, 0.717) is 6.07 Å². The van der Waals surface area contributed by atoms with E-state index in [1.165, 1.54) is 0 Å². The summed E-state index contributed by atoms with van der Waals surface area (Å²) in [6, 6.07) is 2.83. The molecule has 9 heteroatoms. The molecule has 0 radical (unpaired) electrons. The van der Waals surface area contributed by atoms with Crippen molar-refractivity contribution < 1.29 is 33.0 Å². The van der Waals surface area contributed by atoms with Crippen LogP contribution in [0.2, 0.25) is 0 Å². The van der Waals surface area contributed by atoms with Crippen LogP contribution in [-0.4, -0.2) is 34.7 Å². The molecule has 3 N–H and O–H groups in total. The van der Waals surface area contributed by atoms with E-state index >= 15 is 0 Å². The molecule has 1 aromatic carbocycles. The van der Waals surface area contributed by atoms with Gasteiger partial charge in [-0.05, 0) is 18.2 Å². The number of rotatable bonds is 4. The van der Waals surface area contributed by atoms with Crippen LogP contribution in [0, 0.1) is 0 Å². The molecule has 0 fully saturated rings. The number of aliphatic carboxylic acids is 1. The zero-order valence-corrected chi connectivity index (χ0v) is 11.3. The maximum Gasteiger partial charge on any atom is 0.417 e. The number of carbonyl (C=O) groups is 2. The average molecular weight is 356 g/mol. The predicted octanol–water partition coefficient (Wildman–Crippen LogP) is 1.64. The Balaban J connectivity index is 2.87. The Morgan fingerprint density at radius 1 is 1.35 bits per heavy atom. The molecule has 1 rings (SSSR count). The van der Waals surface area contributed by atoms with E-state index in [1.54, 1.807) is 0 Å². The molecule has 0 aliphatic carbocycles. The van der Waals surface area contributed by atoms with E-state index in [4.69, 9.17) is 10.2 Å². The summed E-state index contributed by atoms with van der Waals surface area (Å²) in [5.74, 6) is -2.46. The Morgan fingerprint density at radius 2 is 1.95 bits per heavy atom. The zero-order valence-electron chi connectivity index (χ0n) is 9.74. The molecule has 1 aromatic rings. The fourth-order valence-corrected chi connectivity index (χ4v) is 1.73. The fraction of sp³-hybridized carbons (Fsp3) is 0.273. The van der Waals surface area contributed by atoms with Crippen molar-refractivity contribution in [1.29, 1.82) is 0 Å². The third-order valence-corrected chi connectivity index (χ3v) is 2.97. The normalized spacial score (nSPS) is 12.8. The molecule has 1 atom stereocenters. The lowest BCUT2D eigenvalue weighted by Gasteiger charge is -2.12. The average Bonchev–Trinajstić information content (AvgIpc) is 2.34. The third kappa shape index (κ3) is 4.20. The van der Waals surface area contributed by atoms with Gasteiger partial charge in [0.15, 0.2) is 6.10 Å². The highest BCUT2D eigenvalue weighted by Crippen LogP contribution is 2.35. The largest absolute Gasteiger partial charge is 0.479 e. The standard InChI is InChI=1S/C11H9BrF3NO4/c12-7-2-1-5(3-6(7)11(13,14)15)9(18)16-4-8(17)10(19)20/h1-3,8,17H,4H2,(H,16,18)(H,19,20)/t8-/m0/s1. The molecule has 110 valence electrons. The Bertz CT molecular complexity index is 533. The highest BCUT2D eigenvalue weighted by atomic mass is 79.9. The Hall–Kier alpha value is -1.61. The Morgan fingerprint density at radius 3 is 2.45 bits per heavy atom. The lowest BCUT2D eigenvalue weighted by atomic mass is 10.1. The number of carboxylic acids is 1. The molecule has 0 bridgehead atoms. The smallest absolute Gasteiger partial charge is 0.417 e. The van der Waals surface area contributed by atoms with Crippen LogP contribution >= 0.6 is 15.9 Å². The Kier molecular flexibility index (Phi) is 5.12. The molecule has 5 nitrogen and oxygen atoms in total. The molecule has 0 aliphatic heterocycles. The van der Waals surface area contributed by atoms with Crippen LogP contribution in [0.25, 0.3) is 0 Å². The van der Waals surface area contributed by atoms with Crippen molar-refractivity contribution in [3.63, 3.8) is 0 Å². The number of carbonyl (C=O) groups excluding carboxylic acids is 1. The maximum absolute atomic E-state index is 12.6. The van der Waals surface area contributed by atoms with Crippen molar-refractivity contribution in [3.8, 4) is 0 Å². The predicted molar refractivity (Wildman–Crippen MR) is 65.1 cm³/mol. The number of aliphatic hydroxyl groups is 1. The minimum atomic E-state index is -4.63. The van der Waals surface area contributed by atoms with Crippen molar-refractivity contribution in [2.45, 2.75) is 12.3 Å². The van der Waals surface area contributed by atoms with Gasteiger partial charge in [-0.3, -0.25) is 4.79 Å². The van der Waals surface area contributed by atoms with E-state index in [-0.39, 0.29) is 10.0 Å². The fourth-order valence-electron chi connectivity index (χ4n) is 1.26. The first kappa shape index (κ1) is 16.4. The number of carboxylic acid groups (broad SMARTS) is 1. The molecule has 1 amide bonds. The highest BCUT2D eigenvalue weighted by molar-refractivity contribution is 9.10. The van der Waals surface area contributed by atoms with Crippen LogP contribution in [0.3, 0.4) is 0 Å². The summed E-state index contributed by atoms with van der Waals surface area (Å²) in [5.41, 5.74) is -1.32. The van der Waals surface area contributed by atoms with E-state index < -0.39 is 36.3 Å². The number of alkyl halides is 3.